The number of carbonyl (C=O) groups is 2. The Morgan fingerprint density at radius 2 is 1.96 bits per heavy atom. The number of carbonyl (C=O) groups excluding carboxylic acids is 2. The van der Waals surface area contributed by atoms with Gasteiger partial charge in [-0.05, 0) is 50.8 Å². The van der Waals surface area contributed by atoms with E-state index in [4.69, 9.17) is 0 Å². The minimum Gasteiger partial charge on any atom is -0.347 e. The molecule has 2 aliphatic heterocycles. The number of rotatable bonds is 3. The molecular weight excluding hydrogens is 302 g/mol. The number of amides is 2. The van der Waals surface area contributed by atoms with Crippen LogP contribution in [0.25, 0.3) is 0 Å². The minimum absolute atomic E-state index is 0.104. The van der Waals surface area contributed by atoms with Crippen molar-refractivity contribution < 1.29 is 9.59 Å². The van der Waals surface area contributed by atoms with Gasteiger partial charge in [-0.2, -0.15) is 0 Å². The lowest BCUT2D eigenvalue weighted by atomic mass is 9.96. The third kappa shape index (κ3) is 3.18. The molecule has 130 valence electrons. The van der Waals surface area contributed by atoms with Gasteiger partial charge in [0.2, 0.25) is 11.8 Å². The zero-order valence-corrected chi connectivity index (χ0v) is 14.9. The van der Waals surface area contributed by atoms with E-state index in [1.165, 1.54) is 5.56 Å². The molecule has 3 rings (SSSR count). The highest BCUT2D eigenvalue weighted by Crippen LogP contribution is 2.31. The molecule has 1 aromatic rings. The average molecular weight is 329 g/mol. The van der Waals surface area contributed by atoms with Crippen molar-refractivity contribution in [2.75, 3.05) is 32.1 Å². The molecule has 0 radical (unpaired) electrons. The number of anilines is 1. The van der Waals surface area contributed by atoms with E-state index in [0.29, 0.717) is 6.54 Å². The van der Waals surface area contributed by atoms with Crippen molar-refractivity contribution in [3.63, 3.8) is 0 Å². The van der Waals surface area contributed by atoms with Gasteiger partial charge in [-0.1, -0.05) is 18.2 Å². The van der Waals surface area contributed by atoms with E-state index in [1.54, 1.807) is 19.0 Å². The predicted octanol–water partition coefficient (Wildman–Crippen LogP) is 1.91. The van der Waals surface area contributed by atoms with Crippen LogP contribution >= 0.6 is 0 Å². The van der Waals surface area contributed by atoms with Gasteiger partial charge >= 0.3 is 0 Å². The molecule has 5 nitrogen and oxygen atoms in total. The van der Waals surface area contributed by atoms with Crippen LogP contribution in [0.1, 0.15) is 31.7 Å². The van der Waals surface area contributed by atoms with Crippen molar-refractivity contribution >= 4 is 17.5 Å². The maximum atomic E-state index is 13.0. The minimum atomic E-state index is -0.153. The molecule has 2 unspecified atom stereocenters. The van der Waals surface area contributed by atoms with Crippen molar-refractivity contribution in [1.82, 2.24) is 9.80 Å². The van der Waals surface area contributed by atoms with E-state index >= 15 is 0 Å². The summed E-state index contributed by atoms with van der Waals surface area (Å²) in [6.45, 7) is 3.25. The second-order valence-electron chi connectivity index (χ2n) is 7.14. The number of hydrogen-bond donors (Lipinski definition) is 0. The molecule has 2 aliphatic rings. The zero-order chi connectivity index (χ0) is 17.3. The van der Waals surface area contributed by atoms with Gasteiger partial charge in [-0.25, -0.2) is 0 Å². The molecule has 0 saturated carbocycles. The normalized spacial score (nSPS) is 23.9. The van der Waals surface area contributed by atoms with Gasteiger partial charge in [0.15, 0.2) is 0 Å². The molecule has 1 fully saturated rings. The molecule has 0 aromatic heterocycles. The second-order valence-corrected chi connectivity index (χ2v) is 7.14. The summed E-state index contributed by atoms with van der Waals surface area (Å²) in [6, 6.07) is 8.22. The molecule has 0 aliphatic carbocycles. The molecule has 0 N–H and O–H groups in total. The van der Waals surface area contributed by atoms with Crippen LogP contribution in [0.2, 0.25) is 0 Å². The first-order valence-electron chi connectivity index (χ1n) is 8.84. The van der Waals surface area contributed by atoms with Gasteiger partial charge in [0.25, 0.3) is 0 Å². The molecule has 0 bridgehead atoms. The largest absolute Gasteiger partial charge is 0.347 e. The second kappa shape index (κ2) is 6.93. The van der Waals surface area contributed by atoms with E-state index in [9.17, 15) is 9.59 Å². The lowest BCUT2D eigenvalue weighted by Crippen LogP contribution is -2.50. The summed E-state index contributed by atoms with van der Waals surface area (Å²) >= 11 is 0. The van der Waals surface area contributed by atoms with E-state index in [2.05, 4.69) is 17.9 Å². The summed E-state index contributed by atoms with van der Waals surface area (Å²) in [5.74, 6) is 0.209. The average Bonchev–Trinajstić information content (AvgIpc) is 3.01. The van der Waals surface area contributed by atoms with Crippen LogP contribution in [-0.4, -0.2) is 60.9 Å². The van der Waals surface area contributed by atoms with Crippen molar-refractivity contribution in [3.8, 4) is 0 Å². The van der Waals surface area contributed by atoms with E-state index in [-0.39, 0.29) is 23.9 Å². The van der Waals surface area contributed by atoms with Crippen LogP contribution in [0.3, 0.4) is 0 Å². The van der Waals surface area contributed by atoms with Crippen molar-refractivity contribution in [3.05, 3.63) is 29.8 Å². The summed E-state index contributed by atoms with van der Waals surface area (Å²) in [4.78, 5) is 31.0. The Hall–Kier alpha value is -1.88. The Bertz CT molecular complexity index is 629. The lowest BCUT2D eigenvalue weighted by Gasteiger charge is -2.37. The number of nitrogens with zero attached hydrogens (tertiary/aromatic N) is 3. The van der Waals surface area contributed by atoms with Crippen LogP contribution in [-0.2, 0) is 16.0 Å². The topological polar surface area (TPSA) is 43.9 Å². The highest BCUT2D eigenvalue weighted by molar-refractivity contribution is 5.97. The van der Waals surface area contributed by atoms with E-state index in [1.807, 2.05) is 23.1 Å². The maximum absolute atomic E-state index is 13.0. The lowest BCUT2D eigenvalue weighted by molar-refractivity contribution is -0.134. The Morgan fingerprint density at radius 1 is 1.21 bits per heavy atom. The van der Waals surface area contributed by atoms with Gasteiger partial charge in [-0.15, -0.1) is 0 Å². The fourth-order valence-electron chi connectivity index (χ4n) is 3.91. The smallest absolute Gasteiger partial charge is 0.241 e. The molecule has 24 heavy (non-hydrogen) atoms. The first kappa shape index (κ1) is 17.0. The molecule has 2 amide bonds. The summed E-state index contributed by atoms with van der Waals surface area (Å²) in [7, 11) is 3.56. The number of benzene rings is 1. The molecule has 5 heteroatoms. The first-order valence-corrected chi connectivity index (χ1v) is 8.84. The number of aryl methyl sites for hydroxylation is 1. The fraction of sp³-hybridized carbons (Fsp3) is 0.579. The summed E-state index contributed by atoms with van der Waals surface area (Å²) in [6.07, 6.45) is 3.83. The van der Waals surface area contributed by atoms with Crippen LogP contribution < -0.4 is 4.90 Å². The van der Waals surface area contributed by atoms with Crippen molar-refractivity contribution in [1.29, 1.82) is 0 Å². The third-order valence-electron chi connectivity index (χ3n) is 5.22. The molecule has 2 atom stereocenters. The van der Waals surface area contributed by atoms with E-state index < -0.39 is 0 Å². The van der Waals surface area contributed by atoms with Gasteiger partial charge in [0.05, 0.1) is 12.6 Å². The number of fused-ring (bicyclic) bond motifs is 1. The predicted molar refractivity (Wildman–Crippen MR) is 95.0 cm³/mol. The third-order valence-corrected chi connectivity index (χ3v) is 5.22. The quantitative estimate of drug-likeness (QED) is 0.851. The summed E-state index contributed by atoms with van der Waals surface area (Å²) in [5.41, 5.74) is 2.28. The van der Waals surface area contributed by atoms with Crippen LogP contribution in [0.15, 0.2) is 24.3 Å². The van der Waals surface area contributed by atoms with Gasteiger partial charge in [-0.3, -0.25) is 14.5 Å². The summed E-state index contributed by atoms with van der Waals surface area (Å²) in [5, 5.41) is 0. The van der Waals surface area contributed by atoms with Gasteiger partial charge < -0.3 is 9.80 Å². The fourth-order valence-corrected chi connectivity index (χ4v) is 3.91. The maximum Gasteiger partial charge on any atom is 0.241 e. The van der Waals surface area contributed by atoms with Gasteiger partial charge in [0, 0.05) is 25.8 Å². The Labute approximate surface area is 144 Å². The number of likely N-dealkylation sites (N-methyl/N-ethyl adjacent to an activating group) is 1. The first-order chi connectivity index (χ1) is 11.5. The molecule has 0 spiro atoms. The Kier molecular flexibility index (Phi) is 4.90. The van der Waals surface area contributed by atoms with Crippen molar-refractivity contribution in [2.45, 2.75) is 44.7 Å². The molecular formula is C19H27N3O2. The highest BCUT2D eigenvalue weighted by atomic mass is 16.2. The number of hydrogen-bond acceptors (Lipinski definition) is 3. The summed E-state index contributed by atoms with van der Waals surface area (Å²) < 4.78 is 0. The van der Waals surface area contributed by atoms with Crippen LogP contribution in [0, 0.1) is 0 Å². The van der Waals surface area contributed by atoms with E-state index in [0.717, 1.165) is 37.9 Å². The van der Waals surface area contributed by atoms with Gasteiger partial charge in [0.1, 0.15) is 0 Å². The zero-order valence-electron chi connectivity index (χ0n) is 14.9. The molecule has 1 saturated heterocycles. The Balaban J connectivity index is 1.76. The Morgan fingerprint density at radius 3 is 2.71 bits per heavy atom. The SMILES string of the molecule is CC1CCc2ccccc2N1C(=O)CN1CCCC1C(=O)N(C)C. The van der Waals surface area contributed by atoms with Crippen LogP contribution in [0.5, 0.6) is 0 Å². The standard InChI is InChI=1S/C19H27N3O2/c1-14-10-11-15-7-4-5-8-16(15)22(14)18(23)13-21-12-6-9-17(21)19(24)20(2)3/h4-5,7-8,14,17H,6,9-13H2,1-3H3. The number of para-hydroxylation sites is 1. The van der Waals surface area contributed by atoms with Crippen LogP contribution in [0.4, 0.5) is 5.69 Å². The highest BCUT2D eigenvalue weighted by Gasteiger charge is 2.35. The van der Waals surface area contributed by atoms with Crippen molar-refractivity contribution in [2.24, 2.45) is 0 Å². The monoisotopic (exact) mass is 329 g/mol. The molecule has 1 aromatic carbocycles. The molecule has 2 heterocycles. The number of likely N-dealkylation sites (tertiary alicyclic amines) is 1.